The zero-order chi connectivity index (χ0) is 21.5. The fourth-order valence-corrected chi connectivity index (χ4v) is 5.32. The van der Waals surface area contributed by atoms with Crippen LogP contribution in [0.5, 0.6) is 0 Å². The van der Waals surface area contributed by atoms with Crippen LogP contribution in [0.15, 0.2) is 41.3 Å². The van der Waals surface area contributed by atoms with Gasteiger partial charge in [0.1, 0.15) is 0 Å². The highest BCUT2D eigenvalue weighted by Crippen LogP contribution is 2.31. The summed E-state index contributed by atoms with van der Waals surface area (Å²) in [6, 6.07) is 10.9. The number of rotatable bonds is 4. The molecule has 158 valence electrons. The Hall–Kier alpha value is -2.45. The van der Waals surface area contributed by atoms with E-state index in [0.29, 0.717) is 13.1 Å². The van der Waals surface area contributed by atoms with Crippen molar-refractivity contribution in [1.82, 2.24) is 9.88 Å². The van der Waals surface area contributed by atoms with Crippen LogP contribution in [-0.4, -0.2) is 56.6 Å². The zero-order valence-electron chi connectivity index (χ0n) is 17.4. The standard InChI is InChI=1S/C22H25N3O3S2/c1-15-12-19-20(13-16(15)2)29-22(23-19)25-10-8-24(9-11-25)21(26)14-17-4-6-18(7-5-17)30(3,27)28/h4-7,12-13H,8-11,14H2,1-3H3. The van der Waals surface area contributed by atoms with Gasteiger partial charge in [-0.05, 0) is 54.8 Å². The van der Waals surface area contributed by atoms with Gasteiger partial charge in [-0.2, -0.15) is 0 Å². The quantitative estimate of drug-likeness (QED) is 0.619. The van der Waals surface area contributed by atoms with Gasteiger partial charge in [-0.3, -0.25) is 4.79 Å². The van der Waals surface area contributed by atoms with E-state index >= 15 is 0 Å². The average molecular weight is 444 g/mol. The predicted octanol–water partition coefficient (Wildman–Crippen LogP) is 3.21. The van der Waals surface area contributed by atoms with Crippen LogP contribution in [0.4, 0.5) is 5.13 Å². The summed E-state index contributed by atoms with van der Waals surface area (Å²) in [6.45, 7) is 7.07. The summed E-state index contributed by atoms with van der Waals surface area (Å²) in [5.41, 5.74) is 4.39. The molecular formula is C22H25N3O3S2. The first-order valence-electron chi connectivity index (χ1n) is 9.90. The maximum atomic E-state index is 12.7. The number of fused-ring (bicyclic) bond motifs is 1. The molecule has 0 spiro atoms. The van der Waals surface area contributed by atoms with E-state index in [-0.39, 0.29) is 17.2 Å². The van der Waals surface area contributed by atoms with Gasteiger partial charge in [-0.25, -0.2) is 13.4 Å². The van der Waals surface area contributed by atoms with Crippen molar-refractivity contribution in [2.75, 3.05) is 37.3 Å². The molecule has 0 bridgehead atoms. The van der Waals surface area contributed by atoms with Crippen LogP contribution in [0.2, 0.25) is 0 Å². The number of hydrogen-bond donors (Lipinski definition) is 0. The predicted molar refractivity (Wildman–Crippen MR) is 121 cm³/mol. The topological polar surface area (TPSA) is 70.6 Å². The maximum absolute atomic E-state index is 12.7. The van der Waals surface area contributed by atoms with E-state index in [1.165, 1.54) is 22.1 Å². The Morgan fingerprint density at radius 1 is 1.03 bits per heavy atom. The van der Waals surface area contributed by atoms with Gasteiger partial charge >= 0.3 is 0 Å². The van der Waals surface area contributed by atoms with E-state index in [1.54, 1.807) is 35.6 Å². The van der Waals surface area contributed by atoms with Crippen LogP contribution in [0.3, 0.4) is 0 Å². The minimum Gasteiger partial charge on any atom is -0.345 e. The number of carbonyl (C=O) groups excluding carboxylic acids is 1. The van der Waals surface area contributed by atoms with E-state index in [4.69, 9.17) is 4.98 Å². The molecule has 1 aliphatic heterocycles. The largest absolute Gasteiger partial charge is 0.345 e. The lowest BCUT2D eigenvalue weighted by Gasteiger charge is -2.34. The number of nitrogens with zero attached hydrogens (tertiary/aromatic N) is 3. The summed E-state index contributed by atoms with van der Waals surface area (Å²) < 4.78 is 24.3. The molecule has 1 amide bonds. The molecule has 2 heterocycles. The summed E-state index contributed by atoms with van der Waals surface area (Å²) in [4.78, 5) is 21.9. The second-order valence-electron chi connectivity index (χ2n) is 7.86. The van der Waals surface area contributed by atoms with Gasteiger partial charge in [0.15, 0.2) is 15.0 Å². The second kappa shape index (κ2) is 8.00. The molecule has 4 rings (SSSR count). The number of anilines is 1. The van der Waals surface area contributed by atoms with Crippen molar-refractivity contribution in [1.29, 1.82) is 0 Å². The first kappa shape index (κ1) is 20.8. The van der Waals surface area contributed by atoms with Crippen LogP contribution in [0, 0.1) is 13.8 Å². The number of aromatic nitrogens is 1. The highest BCUT2D eigenvalue weighted by Gasteiger charge is 2.23. The molecule has 1 fully saturated rings. The third kappa shape index (κ3) is 4.34. The second-order valence-corrected chi connectivity index (χ2v) is 10.9. The lowest BCUT2D eigenvalue weighted by molar-refractivity contribution is -0.130. The van der Waals surface area contributed by atoms with E-state index in [9.17, 15) is 13.2 Å². The first-order valence-corrected chi connectivity index (χ1v) is 12.6. The Labute approximate surface area is 181 Å². The number of aryl methyl sites for hydroxylation is 2. The highest BCUT2D eigenvalue weighted by molar-refractivity contribution is 7.90. The Morgan fingerprint density at radius 3 is 2.30 bits per heavy atom. The molecule has 6 nitrogen and oxygen atoms in total. The monoisotopic (exact) mass is 443 g/mol. The Morgan fingerprint density at radius 2 is 1.67 bits per heavy atom. The minimum atomic E-state index is -3.22. The zero-order valence-corrected chi connectivity index (χ0v) is 19.0. The van der Waals surface area contributed by atoms with Gasteiger partial charge in [-0.1, -0.05) is 23.5 Å². The van der Waals surface area contributed by atoms with Crippen LogP contribution in [0.25, 0.3) is 10.2 Å². The molecule has 1 saturated heterocycles. The van der Waals surface area contributed by atoms with E-state index in [0.717, 1.165) is 29.3 Å². The molecule has 2 aromatic carbocycles. The molecule has 30 heavy (non-hydrogen) atoms. The van der Waals surface area contributed by atoms with Crippen LogP contribution >= 0.6 is 11.3 Å². The van der Waals surface area contributed by atoms with Gasteiger partial charge in [0.2, 0.25) is 5.91 Å². The van der Waals surface area contributed by atoms with Gasteiger partial charge in [0.25, 0.3) is 0 Å². The first-order chi connectivity index (χ1) is 14.2. The Balaban J connectivity index is 1.37. The molecule has 3 aromatic rings. The van der Waals surface area contributed by atoms with Crippen molar-refractivity contribution in [3.63, 3.8) is 0 Å². The molecule has 0 saturated carbocycles. The molecule has 8 heteroatoms. The summed E-state index contributed by atoms with van der Waals surface area (Å²) in [5, 5.41) is 1.01. The van der Waals surface area contributed by atoms with Gasteiger partial charge in [0.05, 0.1) is 21.5 Å². The van der Waals surface area contributed by atoms with E-state index in [1.807, 2.05) is 4.90 Å². The molecule has 0 N–H and O–H groups in total. The molecule has 0 unspecified atom stereocenters. The fourth-order valence-electron chi connectivity index (χ4n) is 3.59. The number of benzene rings is 2. The van der Waals surface area contributed by atoms with Crippen molar-refractivity contribution < 1.29 is 13.2 Å². The van der Waals surface area contributed by atoms with Crippen molar-refractivity contribution >= 4 is 42.4 Å². The summed E-state index contributed by atoms with van der Waals surface area (Å²) in [5.74, 6) is 0.0669. The summed E-state index contributed by atoms with van der Waals surface area (Å²) >= 11 is 1.70. The molecule has 0 atom stereocenters. The van der Waals surface area contributed by atoms with Crippen LogP contribution < -0.4 is 4.90 Å². The van der Waals surface area contributed by atoms with Gasteiger partial charge in [0, 0.05) is 32.4 Å². The molecule has 1 aromatic heterocycles. The van der Waals surface area contributed by atoms with Crippen molar-refractivity contribution in [3.8, 4) is 0 Å². The van der Waals surface area contributed by atoms with Gasteiger partial charge < -0.3 is 9.80 Å². The number of carbonyl (C=O) groups is 1. The van der Waals surface area contributed by atoms with Gasteiger partial charge in [-0.15, -0.1) is 0 Å². The number of thiazole rings is 1. The molecular weight excluding hydrogens is 418 g/mol. The van der Waals surface area contributed by atoms with Crippen molar-refractivity contribution in [2.24, 2.45) is 0 Å². The highest BCUT2D eigenvalue weighted by atomic mass is 32.2. The van der Waals surface area contributed by atoms with Crippen LogP contribution in [-0.2, 0) is 21.1 Å². The van der Waals surface area contributed by atoms with Crippen molar-refractivity contribution in [2.45, 2.75) is 25.2 Å². The SMILES string of the molecule is Cc1cc2nc(N3CCN(C(=O)Cc4ccc(S(C)(=O)=O)cc4)CC3)sc2cc1C. The Kier molecular flexibility index (Phi) is 5.55. The van der Waals surface area contributed by atoms with Crippen molar-refractivity contribution in [3.05, 3.63) is 53.1 Å². The number of sulfone groups is 1. The number of piperazine rings is 1. The number of hydrogen-bond acceptors (Lipinski definition) is 6. The summed E-state index contributed by atoms with van der Waals surface area (Å²) in [7, 11) is -3.22. The fraction of sp³-hybridized carbons (Fsp3) is 0.364. The third-order valence-corrected chi connectivity index (χ3v) is 7.81. The third-order valence-electron chi connectivity index (χ3n) is 5.60. The van der Waals surface area contributed by atoms with E-state index < -0.39 is 9.84 Å². The maximum Gasteiger partial charge on any atom is 0.227 e. The smallest absolute Gasteiger partial charge is 0.227 e. The molecule has 0 aliphatic carbocycles. The number of amides is 1. The minimum absolute atomic E-state index is 0.0669. The Bertz CT molecular complexity index is 1150. The lowest BCUT2D eigenvalue weighted by Crippen LogP contribution is -2.49. The molecule has 1 aliphatic rings. The normalized spacial score (nSPS) is 15.0. The average Bonchev–Trinajstić information content (AvgIpc) is 3.11. The summed E-state index contributed by atoms with van der Waals surface area (Å²) in [6.07, 6.45) is 1.46. The van der Waals surface area contributed by atoms with Crippen LogP contribution in [0.1, 0.15) is 16.7 Å². The lowest BCUT2D eigenvalue weighted by atomic mass is 10.1. The molecule has 0 radical (unpaired) electrons. The van der Waals surface area contributed by atoms with E-state index in [2.05, 4.69) is 30.9 Å².